The summed E-state index contributed by atoms with van der Waals surface area (Å²) in [5, 5.41) is 0.616. The monoisotopic (exact) mass is 518 g/mol. The number of carbonyl (C=O) groups is 1. The molecule has 2 aliphatic rings. The van der Waals surface area contributed by atoms with Crippen molar-refractivity contribution >= 4 is 40.3 Å². The minimum Gasteiger partial charge on any atom is -0.484 e. The van der Waals surface area contributed by atoms with Crippen LogP contribution < -0.4 is 24.8 Å². The van der Waals surface area contributed by atoms with Crippen LogP contribution in [0, 0.1) is 0 Å². The fraction of sp³-hybridized carbons (Fsp3) is 0.231. The summed E-state index contributed by atoms with van der Waals surface area (Å²) in [5.74, 6) is 2.75. The van der Waals surface area contributed by atoms with Crippen LogP contribution in [0.3, 0.4) is 0 Å². The number of hydrogen-bond acceptors (Lipinski definition) is 9. The van der Waals surface area contributed by atoms with Crippen LogP contribution in [0.25, 0.3) is 22.3 Å². The second-order valence-electron chi connectivity index (χ2n) is 8.65. The van der Waals surface area contributed by atoms with Crippen LogP contribution in [0.4, 0.5) is 11.8 Å². The average Bonchev–Trinajstić information content (AvgIpc) is 3.40. The van der Waals surface area contributed by atoms with E-state index in [4.69, 9.17) is 36.5 Å². The highest BCUT2D eigenvalue weighted by Crippen LogP contribution is 2.36. The van der Waals surface area contributed by atoms with Crippen molar-refractivity contribution in [3.05, 3.63) is 59.6 Å². The summed E-state index contributed by atoms with van der Waals surface area (Å²) in [4.78, 5) is 30.3. The molecule has 2 N–H and O–H groups in total. The average molecular weight is 519 g/mol. The number of aromatic nitrogens is 3. The zero-order chi connectivity index (χ0) is 25.4. The van der Waals surface area contributed by atoms with Gasteiger partial charge in [0.2, 0.25) is 12.7 Å². The number of halogens is 1. The molecule has 4 aromatic rings. The second-order valence-corrected chi connectivity index (χ2v) is 9.08. The van der Waals surface area contributed by atoms with E-state index in [2.05, 4.69) is 14.9 Å². The van der Waals surface area contributed by atoms with Crippen molar-refractivity contribution < 1.29 is 19.0 Å². The molecule has 0 bridgehead atoms. The SMILES string of the molecule is Nc1nc(N2CCN(C(=O)COc3ccc(Cl)cc3)CC2)c2nc(-c3ccc4c(c3)OCO4)ccc2n1. The minimum atomic E-state index is -0.0788. The molecule has 0 saturated carbocycles. The predicted octanol–water partition coefficient (Wildman–Crippen LogP) is 3.38. The molecule has 1 amide bonds. The van der Waals surface area contributed by atoms with Crippen LogP contribution in [-0.2, 0) is 4.79 Å². The Hall–Kier alpha value is -4.31. The summed E-state index contributed by atoms with van der Waals surface area (Å²) >= 11 is 5.90. The van der Waals surface area contributed by atoms with Crippen molar-refractivity contribution in [3.63, 3.8) is 0 Å². The van der Waals surface area contributed by atoms with Gasteiger partial charge >= 0.3 is 0 Å². The summed E-state index contributed by atoms with van der Waals surface area (Å²) in [6, 6.07) is 16.4. The van der Waals surface area contributed by atoms with E-state index in [9.17, 15) is 4.79 Å². The van der Waals surface area contributed by atoms with Gasteiger partial charge in [-0.2, -0.15) is 4.98 Å². The maximum absolute atomic E-state index is 12.7. The zero-order valence-corrected chi connectivity index (χ0v) is 20.5. The van der Waals surface area contributed by atoms with Crippen LogP contribution in [-0.4, -0.2) is 65.3 Å². The number of benzene rings is 2. The summed E-state index contributed by atoms with van der Waals surface area (Å²) in [7, 11) is 0. The Morgan fingerprint density at radius 3 is 2.54 bits per heavy atom. The Kier molecular flexibility index (Phi) is 6.01. The Morgan fingerprint density at radius 2 is 1.73 bits per heavy atom. The summed E-state index contributed by atoms with van der Waals surface area (Å²) in [6.45, 7) is 2.38. The molecule has 0 spiro atoms. The lowest BCUT2D eigenvalue weighted by molar-refractivity contribution is -0.133. The van der Waals surface area contributed by atoms with Gasteiger partial charge < -0.3 is 29.7 Å². The quantitative estimate of drug-likeness (QED) is 0.424. The lowest BCUT2D eigenvalue weighted by Crippen LogP contribution is -2.50. The molecule has 1 saturated heterocycles. The van der Waals surface area contributed by atoms with Gasteiger partial charge in [0.25, 0.3) is 5.91 Å². The number of hydrogen-bond donors (Lipinski definition) is 1. The normalized spacial score (nSPS) is 14.7. The summed E-state index contributed by atoms with van der Waals surface area (Å²) in [5.41, 5.74) is 8.98. The Labute approximate surface area is 217 Å². The van der Waals surface area contributed by atoms with Crippen molar-refractivity contribution in [2.24, 2.45) is 0 Å². The Bertz CT molecular complexity index is 1470. The third kappa shape index (κ3) is 4.75. The predicted molar refractivity (Wildman–Crippen MR) is 139 cm³/mol. The van der Waals surface area contributed by atoms with Gasteiger partial charge in [0, 0.05) is 36.8 Å². The van der Waals surface area contributed by atoms with Gasteiger partial charge in [-0.05, 0) is 54.6 Å². The number of fused-ring (bicyclic) bond motifs is 2. The molecule has 4 heterocycles. The van der Waals surface area contributed by atoms with E-state index >= 15 is 0 Å². The molecule has 1 fully saturated rings. The molecule has 0 unspecified atom stereocenters. The van der Waals surface area contributed by atoms with Crippen molar-refractivity contribution in [1.82, 2.24) is 19.9 Å². The molecular weight excluding hydrogens is 496 g/mol. The van der Waals surface area contributed by atoms with Gasteiger partial charge in [0.15, 0.2) is 23.9 Å². The number of nitrogen functional groups attached to an aromatic ring is 1. The highest BCUT2D eigenvalue weighted by Gasteiger charge is 2.25. The van der Waals surface area contributed by atoms with Gasteiger partial charge in [-0.1, -0.05) is 11.6 Å². The summed E-state index contributed by atoms with van der Waals surface area (Å²) < 4.78 is 16.5. The molecule has 37 heavy (non-hydrogen) atoms. The Morgan fingerprint density at radius 1 is 0.946 bits per heavy atom. The first-order valence-corrected chi connectivity index (χ1v) is 12.2. The molecule has 11 heteroatoms. The first-order chi connectivity index (χ1) is 18.0. The fourth-order valence-electron chi connectivity index (χ4n) is 4.39. The van der Waals surface area contributed by atoms with Crippen molar-refractivity contribution in [1.29, 1.82) is 0 Å². The largest absolute Gasteiger partial charge is 0.484 e. The fourth-order valence-corrected chi connectivity index (χ4v) is 4.51. The van der Waals surface area contributed by atoms with E-state index in [1.807, 2.05) is 30.3 Å². The molecule has 2 aliphatic heterocycles. The van der Waals surface area contributed by atoms with Crippen molar-refractivity contribution in [3.8, 4) is 28.5 Å². The number of carbonyl (C=O) groups excluding carboxylic acids is 1. The smallest absolute Gasteiger partial charge is 0.260 e. The van der Waals surface area contributed by atoms with E-state index in [-0.39, 0.29) is 25.3 Å². The maximum atomic E-state index is 12.7. The molecule has 188 valence electrons. The standard InChI is InChI=1S/C26H23ClN6O4/c27-17-2-4-18(5-3-17)35-14-23(34)32-9-11-33(12-10-32)25-24-20(30-26(28)31-25)7-6-19(29-24)16-1-8-21-22(13-16)37-15-36-21/h1-8,13H,9-12,14-15H2,(H2,28,30,31). The van der Waals surface area contributed by atoms with E-state index < -0.39 is 0 Å². The molecule has 0 aliphatic carbocycles. The third-order valence-electron chi connectivity index (χ3n) is 6.32. The number of anilines is 2. The number of piperazine rings is 1. The number of nitrogens with two attached hydrogens (primary N) is 1. The highest BCUT2D eigenvalue weighted by atomic mass is 35.5. The molecule has 0 radical (unpaired) electrons. The molecule has 6 rings (SSSR count). The van der Waals surface area contributed by atoms with Gasteiger partial charge in [-0.25, -0.2) is 9.97 Å². The van der Waals surface area contributed by atoms with Crippen molar-refractivity contribution in [2.45, 2.75) is 0 Å². The van der Waals surface area contributed by atoms with E-state index in [1.165, 1.54) is 0 Å². The highest BCUT2D eigenvalue weighted by molar-refractivity contribution is 6.30. The molecule has 2 aromatic heterocycles. The molecule has 0 atom stereocenters. The first kappa shape index (κ1) is 23.1. The minimum absolute atomic E-state index is 0.0362. The first-order valence-electron chi connectivity index (χ1n) is 11.8. The third-order valence-corrected chi connectivity index (χ3v) is 6.57. The topological polar surface area (TPSA) is 116 Å². The number of pyridine rings is 1. The van der Waals surface area contributed by atoms with Crippen LogP contribution in [0.15, 0.2) is 54.6 Å². The number of nitrogens with zero attached hydrogens (tertiary/aromatic N) is 5. The number of ether oxygens (including phenoxy) is 3. The maximum Gasteiger partial charge on any atom is 0.260 e. The zero-order valence-electron chi connectivity index (χ0n) is 19.8. The van der Waals surface area contributed by atoms with Crippen LogP contribution in [0.1, 0.15) is 0 Å². The van der Waals surface area contributed by atoms with Gasteiger partial charge in [0.1, 0.15) is 11.3 Å². The molecule has 10 nitrogen and oxygen atoms in total. The lowest BCUT2D eigenvalue weighted by Gasteiger charge is -2.35. The van der Waals surface area contributed by atoms with Crippen LogP contribution in [0.2, 0.25) is 5.02 Å². The second kappa shape index (κ2) is 9.62. The molecular formula is C26H23ClN6O4. The number of amides is 1. The Balaban J connectivity index is 1.18. The van der Waals surface area contributed by atoms with Gasteiger partial charge in [0.05, 0.1) is 11.2 Å². The number of rotatable bonds is 5. The van der Waals surface area contributed by atoms with E-state index in [1.54, 1.807) is 29.2 Å². The van der Waals surface area contributed by atoms with E-state index in [0.29, 0.717) is 65.3 Å². The van der Waals surface area contributed by atoms with E-state index in [0.717, 1.165) is 11.3 Å². The summed E-state index contributed by atoms with van der Waals surface area (Å²) in [6.07, 6.45) is 0. The van der Waals surface area contributed by atoms with Crippen molar-refractivity contribution in [2.75, 3.05) is 50.2 Å². The van der Waals surface area contributed by atoms with Crippen LogP contribution in [0.5, 0.6) is 17.2 Å². The van der Waals surface area contributed by atoms with Gasteiger partial charge in [-0.3, -0.25) is 4.79 Å². The van der Waals surface area contributed by atoms with Crippen LogP contribution >= 0.6 is 11.6 Å². The molecule has 2 aromatic carbocycles. The lowest BCUT2D eigenvalue weighted by atomic mass is 10.1. The van der Waals surface area contributed by atoms with Gasteiger partial charge in [-0.15, -0.1) is 0 Å².